The Morgan fingerprint density at radius 1 is 1.12 bits per heavy atom. The maximum atomic E-state index is 12.4. The van der Waals surface area contributed by atoms with Gasteiger partial charge in [0.05, 0.1) is 20.3 Å². The number of benzene rings is 1. The Hall–Kier alpha value is -2.83. The minimum Gasteiger partial charge on any atom is -0.494 e. The molecule has 128 valence electrons. The highest BCUT2D eigenvalue weighted by Gasteiger charge is 2.35. The minimum atomic E-state index is -1.21. The zero-order valence-corrected chi connectivity index (χ0v) is 13.9. The molecule has 0 saturated carbocycles. The second kappa shape index (κ2) is 8.14. The van der Waals surface area contributed by atoms with Gasteiger partial charge in [0.1, 0.15) is 11.4 Å². The van der Waals surface area contributed by atoms with Crippen LogP contribution in [0.3, 0.4) is 0 Å². The van der Waals surface area contributed by atoms with Gasteiger partial charge in [-0.05, 0) is 26.0 Å². The van der Waals surface area contributed by atoms with Crippen LogP contribution in [-0.2, 0) is 19.1 Å². The number of carbonyl (C=O) groups excluding carboxylic acids is 2. The average Bonchev–Trinajstić information content (AvgIpc) is 3.09. The summed E-state index contributed by atoms with van der Waals surface area (Å²) in [5.41, 5.74) is 0.908. The van der Waals surface area contributed by atoms with Gasteiger partial charge < -0.3 is 14.2 Å². The van der Waals surface area contributed by atoms with Crippen LogP contribution in [0.5, 0.6) is 5.75 Å². The molecule has 0 aliphatic carbocycles. The fourth-order valence-corrected chi connectivity index (χ4v) is 2.38. The summed E-state index contributed by atoms with van der Waals surface area (Å²) in [6.45, 7) is 3.69. The van der Waals surface area contributed by atoms with Crippen LogP contribution in [0.25, 0.3) is 5.69 Å². The summed E-state index contributed by atoms with van der Waals surface area (Å²) in [7, 11) is 1.51. The molecule has 0 N–H and O–H groups in total. The molecule has 0 atom stereocenters. The lowest BCUT2D eigenvalue weighted by molar-refractivity contribution is -0.156. The molecule has 24 heavy (non-hydrogen) atoms. The quantitative estimate of drug-likeness (QED) is 0.570. The number of esters is 2. The number of methoxy groups -OCH3 is 1. The van der Waals surface area contributed by atoms with Gasteiger partial charge >= 0.3 is 11.9 Å². The molecule has 0 spiro atoms. The fraction of sp³-hybridized carbons (Fsp3) is 0.353. The molecule has 0 fully saturated rings. The second-order valence-corrected chi connectivity index (χ2v) is 4.79. The summed E-state index contributed by atoms with van der Waals surface area (Å²) in [6.07, 6.45) is 3.30. The summed E-state index contributed by atoms with van der Waals surface area (Å²) in [6, 6.07) is 6.83. The average molecular weight is 332 g/mol. The van der Waals surface area contributed by atoms with Crippen molar-refractivity contribution in [2.45, 2.75) is 19.8 Å². The van der Waals surface area contributed by atoms with Crippen LogP contribution in [0.4, 0.5) is 0 Å². The first-order chi connectivity index (χ1) is 11.6. The highest BCUT2D eigenvalue weighted by Crippen LogP contribution is 2.32. The third kappa shape index (κ3) is 3.56. The molecule has 0 radical (unpaired) electrons. The van der Waals surface area contributed by atoms with Crippen molar-refractivity contribution in [2.75, 3.05) is 20.3 Å². The summed E-state index contributed by atoms with van der Waals surface area (Å²) in [5.74, 6) is -2.07. The van der Waals surface area contributed by atoms with E-state index in [-0.39, 0.29) is 13.2 Å². The zero-order chi connectivity index (χ0) is 17.5. The van der Waals surface area contributed by atoms with Crippen molar-refractivity contribution < 1.29 is 23.8 Å². The van der Waals surface area contributed by atoms with E-state index < -0.39 is 17.9 Å². The Labute approximate surface area is 140 Å². The standard InChI is InChI=1S/C17H20N2O5/c1-4-23-16(20)14(17(21)24-5-2)12-8-6-9-13(22-3)15(12)19-11-7-10-18-19/h6-11,14H,4-5H2,1-3H3. The molecule has 1 heterocycles. The van der Waals surface area contributed by atoms with Crippen LogP contribution in [0, 0.1) is 0 Å². The van der Waals surface area contributed by atoms with E-state index in [0.29, 0.717) is 17.0 Å². The van der Waals surface area contributed by atoms with Crippen molar-refractivity contribution in [2.24, 2.45) is 0 Å². The number of para-hydroxylation sites is 1. The van der Waals surface area contributed by atoms with Crippen molar-refractivity contribution in [1.82, 2.24) is 9.78 Å². The predicted octanol–water partition coefficient (Wildman–Crippen LogP) is 2.09. The van der Waals surface area contributed by atoms with E-state index in [4.69, 9.17) is 14.2 Å². The summed E-state index contributed by atoms with van der Waals surface area (Å²) in [4.78, 5) is 24.8. The van der Waals surface area contributed by atoms with Gasteiger partial charge in [0.15, 0.2) is 5.92 Å². The van der Waals surface area contributed by atoms with Crippen molar-refractivity contribution in [1.29, 1.82) is 0 Å². The van der Waals surface area contributed by atoms with Gasteiger partial charge in [-0.3, -0.25) is 9.59 Å². The van der Waals surface area contributed by atoms with Crippen molar-refractivity contribution in [3.8, 4) is 11.4 Å². The monoisotopic (exact) mass is 332 g/mol. The Bertz CT molecular complexity index is 679. The van der Waals surface area contributed by atoms with Crippen molar-refractivity contribution in [3.05, 3.63) is 42.2 Å². The molecular weight excluding hydrogens is 312 g/mol. The maximum Gasteiger partial charge on any atom is 0.324 e. The molecule has 0 unspecified atom stereocenters. The fourth-order valence-electron chi connectivity index (χ4n) is 2.38. The number of carbonyl (C=O) groups is 2. The number of hydrogen-bond donors (Lipinski definition) is 0. The molecule has 1 aromatic heterocycles. The molecule has 0 saturated heterocycles. The summed E-state index contributed by atoms with van der Waals surface area (Å²) in [5, 5.41) is 4.18. The molecule has 0 bridgehead atoms. The van der Waals surface area contributed by atoms with E-state index in [0.717, 1.165) is 0 Å². The first-order valence-corrected chi connectivity index (χ1v) is 7.64. The highest BCUT2D eigenvalue weighted by atomic mass is 16.6. The topological polar surface area (TPSA) is 79.7 Å². The number of rotatable bonds is 7. The molecule has 0 aliphatic rings. The van der Waals surface area contributed by atoms with Gasteiger partial charge in [-0.2, -0.15) is 5.10 Å². The summed E-state index contributed by atoms with van der Waals surface area (Å²) < 4.78 is 17.0. The van der Waals surface area contributed by atoms with E-state index in [9.17, 15) is 9.59 Å². The van der Waals surface area contributed by atoms with Gasteiger partial charge in [-0.15, -0.1) is 0 Å². The first-order valence-electron chi connectivity index (χ1n) is 7.64. The van der Waals surface area contributed by atoms with Gasteiger partial charge in [-0.25, -0.2) is 4.68 Å². The van der Waals surface area contributed by atoms with Crippen molar-refractivity contribution in [3.63, 3.8) is 0 Å². The smallest absolute Gasteiger partial charge is 0.324 e. The lowest BCUT2D eigenvalue weighted by Gasteiger charge is -2.19. The van der Waals surface area contributed by atoms with E-state index in [1.165, 1.54) is 7.11 Å². The summed E-state index contributed by atoms with van der Waals surface area (Å²) >= 11 is 0. The van der Waals surface area contributed by atoms with Crippen LogP contribution in [0.15, 0.2) is 36.7 Å². The van der Waals surface area contributed by atoms with Crippen molar-refractivity contribution >= 4 is 11.9 Å². The van der Waals surface area contributed by atoms with E-state index >= 15 is 0 Å². The minimum absolute atomic E-state index is 0.163. The molecule has 2 rings (SSSR count). The normalized spacial score (nSPS) is 10.5. The highest BCUT2D eigenvalue weighted by molar-refractivity contribution is 6.02. The van der Waals surface area contributed by atoms with E-state index in [1.54, 1.807) is 55.2 Å². The first kappa shape index (κ1) is 17.5. The number of aromatic nitrogens is 2. The van der Waals surface area contributed by atoms with Crippen LogP contribution in [0.1, 0.15) is 25.3 Å². The molecular formula is C17H20N2O5. The Morgan fingerprint density at radius 3 is 2.29 bits per heavy atom. The Kier molecular flexibility index (Phi) is 5.95. The Balaban J connectivity index is 2.61. The van der Waals surface area contributed by atoms with Crippen LogP contribution in [-0.4, -0.2) is 42.0 Å². The lowest BCUT2D eigenvalue weighted by atomic mass is 9.96. The number of nitrogens with zero attached hydrogens (tertiary/aromatic N) is 2. The molecule has 1 aromatic carbocycles. The largest absolute Gasteiger partial charge is 0.494 e. The second-order valence-electron chi connectivity index (χ2n) is 4.79. The van der Waals surface area contributed by atoms with Gasteiger partial charge in [0.25, 0.3) is 0 Å². The molecule has 2 aromatic rings. The van der Waals surface area contributed by atoms with Gasteiger partial charge in [0, 0.05) is 18.0 Å². The Morgan fingerprint density at radius 2 is 1.79 bits per heavy atom. The third-order valence-electron chi connectivity index (χ3n) is 3.34. The molecule has 0 amide bonds. The molecule has 7 heteroatoms. The third-order valence-corrected chi connectivity index (χ3v) is 3.34. The number of ether oxygens (including phenoxy) is 3. The molecule has 7 nitrogen and oxygen atoms in total. The van der Waals surface area contributed by atoms with Gasteiger partial charge in [-0.1, -0.05) is 12.1 Å². The molecule has 0 aliphatic heterocycles. The predicted molar refractivity (Wildman–Crippen MR) is 86.1 cm³/mol. The van der Waals surface area contributed by atoms with Gasteiger partial charge in [0.2, 0.25) is 0 Å². The maximum absolute atomic E-state index is 12.4. The van der Waals surface area contributed by atoms with E-state index in [2.05, 4.69) is 5.10 Å². The van der Waals surface area contributed by atoms with Crippen LogP contribution < -0.4 is 4.74 Å². The van der Waals surface area contributed by atoms with E-state index in [1.807, 2.05) is 0 Å². The lowest BCUT2D eigenvalue weighted by Crippen LogP contribution is -2.27. The SMILES string of the molecule is CCOC(=O)C(C(=O)OCC)c1cccc(OC)c1-n1cccn1. The zero-order valence-electron chi connectivity index (χ0n) is 13.9. The van der Waals surface area contributed by atoms with Crippen LogP contribution >= 0.6 is 0 Å². The number of hydrogen-bond acceptors (Lipinski definition) is 6. The van der Waals surface area contributed by atoms with Crippen LogP contribution in [0.2, 0.25) is 0 Å².